The van der Waals surface area contributed by atoms with Crippen molar-refractivity contribution in [2.75, 3.05) is 26.0 Å². The Morgan fingerprint density at radius 1 is 1.10 bits per heavy atom. The van der Waals surface area contributed by atoms with Crippen LogP contribution in [0.5, 0.6) is 5.75 Å². The van der Waals surface area contributed by atoms with Crippen LogP contribution in [-0.4, -0.2) is 37.5 Å². The fourth-order valence-electron chi connectivity index (χ4n) is 2.75. The number of hydrogen-bond acceptors (Lipinski definition) is 3. The molecule has 0 aliphatic heterocycles. The van der Waals surface area contributed by atoms with Crippen molar-refractivity contribution in [2.45, 2.75) is 33.2 Å². The fourth-order valence-corrected chi connectivity index (χ4v) is 2.75. The van der Waals surface area contributed by atoms with Gasteiger partial charge in [-0.1, -0.05) is 44.2 Å². The van der Waals surface area contributed by atoms with Crippen LogP contribution < -0.4 is 15.8 Å². The van der Waals surface area contributed by atoms with Crippen LogP contribution in [0.2, 0.25) is 0 Å². The van der Waals surface area contributed by atoms with Crippen molar-refractivity contribution in [3.8, 4) is 5.75 Å². The molecule has 2 aromatic rings. The van der Waals surface area contributed by atoms with E-state index in [1.54, 1.807) is 14.1 Å². The standard InChI is InChI=1S/C22H30N4O2.HI/c1-5-17-10-8-11-18(6-2)21(17)25-22(23)24-14-16-9-7-12-19(13-16)28-15-20(27)26(3)4;/h7-13H,5-6,14-15H2,1-4H3,(H3,23,24,25);1H. The predicted octanol–water partition coefficient (Wildman–Crippen LogP) is 3.82. The molecule has 0 heterocycles. The molecule has 7 heteroatoms. The van der Waals surface area contributed by atoms with Crippen LogP contribution in [0.3, 0.4) is 0 Å². The van der Waals surface area contributed by atoms with Gasteiger partial charge in [0.1, 0.15) is 5.75 Å². The Labute approximate surface area is 190 Å². The first-order chi connectivity index (χ1) is 13.4. The van der Waals surface area contributed by atoms with Crippen molar-refractivity contribution in [2.24, 2.45) is 10.7 Å². The summed E-state index contributed by atoms with van der Waals surface area (Å²) in [5, 5.41) is 3.26. The molecule has 0 fully saturated rings. The molecule has 0 atom stereocenters. The Balaban J connectivity index is 0.00000420. The van der Waals surface area contributed by atoms with Crippen LogP contribution in [-0.2, 0) is 24.2 Å². The molecule has 0 spiro atoms. The highest BCUT2D eigenvalue weighted by Crippen LogP contribution is 2.22. The number of benzene rings is 2. The molecule has 0 saturated carbocycles. The largest absolute Gasteiger partial charge is 0.484 e. The van der Waals surface area contributed by atoms with Crippen LogP contribution >= 0.6 is 24.0 Å². The zero-order chi connectivity index (χ0) is 20.5. The van der Waals surface area contributed by atoms with Gasteiger partial charge in [-0.15, -0.1) is 24.0 Å². The summed E-state index contributed by atoms with van der Waals surface area (Å²) in [6.07, 6.45) is 1.85. The molecule has 0 aliphatic carbocycles. The van der Waals surface area contributed by atoms with E-state index in [1.807, 2.05) is 24.3 Å². The van der Waals surface area contributed by atoms with E-state index in [0.29, 0.717) is 18.3 Å². The second kappa shape index (κ2) is 12.3. The molecule has 0 unspecified atom stereocenters. The van der Waals surface area contributed by atoms with Crippen molar-refractivity contribution in [1.82, 2.24) is 4.90 Å². The lowest BCUT2D eigenvalue weighted by molar-refractivity contribution is -0.130. The minimum Gasteiger partial charge on any atom is -0.484 e. The van der Waals surface area contributed by atoms with Crippen LogP contribution in [0.15, 0.2) is 47.5 Å². The first-order valence-electron chi connectivity index (χ1n) is 9.54. The third-order valence-corrected chi connectivity index (χ3v) is 4.44. The number of nitrogens with zero attached hydrogens (tertiary/aromatic N) is 2. The summed E-state index contributed by atoms with van der Waals surface area (Å²) < 4.78 is 5.55. The summed E-state index contributed by atoms with van der Waals surface area (Å²) in [5.41, 5.74) is 10.6. The van der Waals surface area contributed by atoms with Gasteiger partial charge in [0.2, 0.25) is 0 Å². The highest BCUT2D eigenvalue weighted by Gasteiger charge is 2.08. The lowest BCUT2D eigenvalue weighted by Gasteiger charge is -2.15. The third-order valence-electron chi connectivity index (χ3n) is 4.44. The SMILES string of the molecule is CCc1cccc(CC)c1NC(N)=NCc1cccc(OCC(=O)N(C)C)c1.I. The van der Waals surface area contributed by atoms with Crippen molar-refractivity contribution in [1.29, 1.82) is 0 Å². The van der Waals surface area contributed by atoms with E-state index in [0.717, 1.165) is 24.1 Å². The van der Waals surface area contributed by atoms with E-state index in [1.165, 1.54) is 16.0 Å². The maximum absolute atomic E-state index is 11.6. The van der Waals surface area contributed by atoms with Gasteiger partial charge >= 0.3 is 0 Å². The number of para-hydroxylation sites is 1. The molecule has 6 nitrogen and oxygen atoms in total. The maximum atomic E-state index is 11.6. The average Bonchev–Trinajstić information content (AvgIpc) is 2.70. The van der Waals surface area contributed by atoms with Gasteiger partial charge in [-0.05, 0) is 41.7 Å². The normalized spacial score (nSPS) is 10.8. The van der Waals surface area contributed by atoms with Crippen molar-refractivity contribution < 1.29 is 9.53 Å². The Morgan fingerprint density at radius 3 is 2.31 bits per heavy atom. The number of hydrogen-bond donors (Lipinski definition) is 2. The molecule has 0 aromatic heterocycles. The molecule has 158 valence electrons. The molecule has 3 N–H and O–H groups in total. The predicted molar refractivity (Wildman–Crippen MR) is 130 cm³/mol. The fraction of sp³-hybridized carbons (Fsp3) is 0.364. The van der Waals surface area contributed by atoms with Gasteiger partial charge in [0.05, 0.1) is 6.54 Å². The summed E-state index contributed by atoms with van der Waals surface area (Å²) in [6, 6.07) is 13.8. The molecule has 0 bridgehead atoms. The number of ether oxygens (including phenoxy) is 1. The van der Waals surface area contributed by atoms with Crippen LogP contribution in [0.4, 0.5) is 5.69 Å². The van der Waals surface area contributed by atoms with E-state index < -0.39 is 0 Å². The molecule has 0 aliphatic rings. The Kier molecular flexibility index (Phi) is 10.5. The van der Waals surface area contributed by atoms with Gasteiger partial charge in [0.15, 0.2) is 12.6 Å². The first kappa shape index (κ1) is 24.7. The lowest BCUT2D eigenvalue weighted by Crippen LogP contribution is -2.27. The van der Waals surface area contributed by atoms with Gasteiger partial charge in [-0.25, -0.2) is 4.99 Å². The molecule has 2 rings (SSSR count). The first-order valence-corrected chi connectivity index (χ1v) is 9.54. The van der Waals surface area contributed by atoms with E-state index >= 15 is 0 Å². The summed E-state index contributed by atoms with van der Waals surface area (Å²) in [6.45, 7) is 4.68. The van der Waals surface area contributed by atoms with E-state index in [-0.39, 0.29) is 36.5 Å². The number of nitrogens with one attached hydrogen (secondary N) is 1. The molecule has 1 amide bonds. The monoisotopic (exact) mass is 510 g/mol. The number of halogens is 1. The summed E-state index contributed by atoms with van der Waals surface area (Å²) in [4.78, 5) is 17.6. The van der Waals surface area contributed by atoms with Crippen LogP contribution in [0.25, 0.3) is 0 Å². The maximum Gasteiger partial charge on any atom is 0.259 e. The van der Waals surface area contributed by atoms with E-state index in [2.05, 4.69) is 42.4 Å². The van der Waals surface area contributed by atoms with Crippen LogP contribution in [0, 0.1) is 0 Å². The summed E-state index contributed by atoms with van der Waals surface area (Å²) in [5.74, 6) is 0.932. The number of rotatable bonds is 8. The van der Waals surface area contributed by atoms with Gasteiger partial charge in [0.25, 0.3) is 5.91 Å². The highest BCUT2D eigenvalue weighted by molar-refractivity contribution is 14.0. The Morgan fingerprint density at radius 2 is 1.72 bits per heavy atom. The molecule has 0 radical (unpaired) electrons. The van der Waals surface area contributed by atoms with Gasteiger partial charge in [-0.3, -0.25) is 4.79 Å². The average molecular weight is 510 g/mol. The quantitative estimate of drug-likeness (QED) is 0.322. The second-order valence-corrected chi connectivity index (χ2v) is 6.71. The van der Waals surface area contributed by atoms with E-state index in [4.69, 9.17) is 10.5 Å². The number of carbonyl (C=O) groups is 1. The number of aliphatic imine (C=N–C) groups is 1. The smallest absolute Gasteiger partial charge is 0.259 e. The molecular weight excluding hydrogens is 479 g/mol. The third kappa shape index (κ3) is 7.56. The Hall–Kier alpha value is -2.29. The molecule has 2 aromatic carbocycles. The number of amides is 1. The number of nitrogens with two attached hydrogens (primary N) is 1. The number of anilines is 1. The zero-order valence-corrected chi connectivity index (χ0v) is 19.9. The number of likely N-dealkylation sites (N-methyl/N-ethyl adjacent to an activating group) is 1. The van der Waals surface area contributed by atoms with Gasteiger partial charge in [-0.2, -0.15) is 0 Å². The minimum atomic E-state index is -0.0850. The highest BCUT2D eigenvalue weighted by atomic mass is 127. The number of aryl methyl sites for hydroxylation is 2. The lowest BCUT2D eigenvalue weighted by atomic mass is 10.0. The van der Waals surface area contributed by atoms with Crippen LogP contribution in [0.1, 0.15) is 30.5 Å². The Bertz CT molecular complexity index is 815. The summed E-state index contributed by atoms with van der Waals surface area (Å²) >= 11 is 0. The minimum absolute atomic E-state index is 0. The van der Waals surface area contributed by atoms with E-state index in [9.17, 15) is 4.79 Å². The molecule has 29 heavy (non-hydrogen) atoms. The summed E-state index contributed by atoms with van der Waals surface area (Å²) in [7, 11) is 3.40. The van der Waals surface area contributed by atoms with Crippen molar-refractivity contribution >= 4 is 41.5 Å². The zero-order valence-electron chi connectivity index (χ0n) is 17.6. The molecular formula is C22H31IN4O2. The second-order valence-electron chi connectivity index (χ2n) is 6.71. The molecule has 0 saturated heterocycles. The number of guanidine groups is 1. The van der Waals surface area contributed by atoms with Gasteiger partial charge in [0, 0.05) is 19.8 Å². The van der Waals surface area contributed by atoms with Crippen molar-refractivity contribution in [3.63, 3.8) is 0 Å². The van der Waals surface area contributed by atoms with Crippen molar-refractivity contribution in [3.05, 3.63) is 59.2 Å². The topological polar surface area (TPSA) is 80.0 Å². The number of carbonyl (C=O) groups excluding carboxylic acids is 1. The van der Waals surface area contributed by atoms with Gasteiger partial charge < -0.3 is 20.7 Å².